The fraction of sp³-hybridized carbons (Fsp3) is 0.476. The first-order valence-electron chi connectivity index (χ1n) is 17.3. The van der Waals surface area contributed by atoms with Crippen molar-refractivity contribution in [2.45, 2.75) is 118 Å². The molecule has 0 spiro atoms. The van der Waals surface area contributed by atoms with Gasteiger partial charge in [-0.05, 0) is 74.6 Å². The molecule has 0 saturated heterocycles. The Hall–Kier alpha value is -3.23. The molecule has 0 amide bonds. The Morgan fingerprint density at radius 1 is 0.885 bits per heavy atom. The Kier molecular flexibility index (Phi) is 13.0. The molecule has 1 radical (unpaired) electrons. The van der Waals surface area contributed by atoms with Gasteiger partial charge in [0.2, 0.25) is 0 Å². The third-order valence-corrected chi connectivity index (χ3v) is 9.97. The summed E-state index contributed by atoms with van der Waals surface area (Å²) >= 11 is 0. The Morgan fingerprint density at radius 2 is 1.48 bits per heavy atom. The van der Waals surface area contributed by atoms with Crippen LogP contribution in [0.5, 0.6) is 0 Å². The number of rotatable bonds is 6. The fourth-order valence-corrected chi connectivity index (χ4v) is 6.54. The Bertz CT molecular complexity index is 1940. The van der Waals surface area contributed by atoms with Crippen LogP contribution in [0.1, 0.15) is 109 Å². The van der Waals surface area contributed by atoms with Gasteiger partial charge in [0, 0.05) is 43.7 Å². The van der Waals surface area contributed by atoms with Crippen molar-refractivity contribution in [3.63, 3.8) is 0 Å². The summed E-state index contributed by atoms with van der Waals surface area (Å²) < 4.78 is 75.3. The van der Waals surface area contributed by atoms with Crippen molar-refractivity contribution >= 4 is 27.5 Å². The van der Waals surface area contributed by atoms with Gasteiger partial charge in [-0.1, -0.05) is 88.7 Å². The van der Waals surface area contributed by atoms with E-state index >= 15 is 0 Å². The van der Waals surface area contributed by atoms with E-state index in [2.05, 4.69) is 89.2 Å². The van der Waals surface area contributed by atoms with Crippen LogP contribution in [0.3, 0.4) is 0 Å². The maximum absolute atomic E-state index is 12.6. The number of aliphatic hydroxyl groups excluding tert-OH is 1. The molecule has 0 aliphatic heterocycles. The Morgan fingerprint density at radius 3 is 2.04 bits per heavy atom. The molecule has 4 aromatic rings. The molecule has 1 aromatic heterocycles. The molecule has 0 unspecified atom stereocenters. The fourth-order valence-electron chi connectivity index (χ4n) is 6.54. The van der Waals surface area contributed by atoms with Gasteiger partial charge in [0.1, 0.15) is 11.2 Å². The average molecular weight is 905 g/mol. The van der Waals surface area contributed by atoms with Crippen LogP contribution in [0, 0.1) is 30.7 Å². The molecule has 10 heteroatoms. The monoisotopic (exact) mass is 905 g/mol. The molecule has 3 aromatic carbocycles. The Balaban J connectivity index is 0.000000305. The topological polar surface area (TPSA) is 50.2 Å². The van der Waals surface area contributed by atoms with E-state index in [9.17, 15) is 36.2 Å². The normalized spacial score (nSPS) is 15.0. The summed E-state index contributed by atoms with van der Waals surface area (Å²) in [6.07, 6.45) is -5.08. The van der Waals surface area contributed by atoms with Gasteiger partial charge < -0.3 is 5.11 Å². The van der Waals surface area contributed by atoms with Gasteiger partial charge in [-0.3, -0.25) is 9.78 Å². The molecule has 3 nitrogen and oxygen atoms in total. The molecule has 1 aliphatic carbocycles. The van der Waals surface area contributed by atoms with Crippen molar-refractivity contribution in [3.05, 3.63) is 88.7 Å². The van der Waals surface area contributed by atoms with E-state index < -0.39 is 41.1 Å². The van der Waals surface area contributed by atoms with Crippen molar-refractivity contribution in [2.24, 2.45) is 10.8 Å². The summed E-state index contributed by atoms with van der Waals surface area (Å²) in [5, 5.41) is 13.2. The number of fused-ring (bicyclic) bond motifs is 2. The second kappa shape index (κ2) is 15.6. The first kappa shape index (κ1) is 43.2. The molecular formula is C42H48F6IrNO2-. The number of benzene rings is 3. The maximum Gasteiger partial charge on any atom is 0.400 e. The minimum Gasteiger partial charge on any atom is -0.511 e. The van der Waals surface area contributed by atoms with Gasteiger partial charge >= 0.3 is 12.4 Å². The van der Waals surface area contributed by atoms with Gasteiger partial charge in [0.25, 0.3) is 0 Å². The van der Waals surface area contributed by atoms with E-state index in [1.807, 2.05) is 0 Å². The minimum atomic E-state index is -4.83. The zero-order valence-corrected chi connectivity index (χ0v) is 33.6. The summed E-state index contributed by atoms with van der Waals surface area (Å²) in [5.74, 6) is -1.89. The number of carbonyl (C=O) groups is 1. The second-order valence-corrected chi connectivity index (χ2v) is 16.1. The van der Waals surface area contributed by atoms with Gasteiger partial charge in [-0.25, -0.2) is 0 Å². The third-order valence-electron chi connectivity index (χ3n) is 9.97. The first-order valence-corrected chi connectivity index (χ1v) is 17.3. The van der Waals surface area contributed by atoms with E-state index in [4.69, 9.17) is 4.98 Å². The third kappa shape index (κ3) is 9.46. The SMILES string of the molecule is CC(C)(CC(=O)/C=C(\O)C(C)(C)C(F)(F)F)C(F)(F)F.Cc1cc(C)c2c(C3CCCC3)cc(-c3[c-]c4ccccc4c(C(C)(C)C)c3)nc2c1.[Ir]. The summed E-state index contributed by atoms with van der Waals surface area (Å²) in [6.45, 7) is 14.1. The second-order valence-electron chi connectivity index (χ2n) is 16.1. The number of carbonyl (C=O) groups excluding carboxylic acids is 1. The van der Waals surface area contributed by atoms with Gasteiger partial charge in [0.15, 0.2) is 5.78 Å². The van der Waals surface area contributed by atoms with Crippen LogP contribution < -0.4 is 0 Å². The summed E-state index contributed by atoms with van der Waals surface area (Å²) in [5.41, 5.74) is 3.78. The Labute approximate surface area is 316 Å². The predicted octanol–water partition coefficient (Wildman–Crippen LogP) is 13.0. The smallest absolute Gasteiger partial charge is 0.400 e. The number of allylic oxidation sites excluding steroid dienone is 2. The zero-order chi connectivity index (χ0) is 38.3. The largest absolute Gasteiger partial charge is 0.511 e. The van der Waals surface area contributed by atoms with Crippen molar-refractivity contribution in [3.8, 4) is 11.3 Å². The maximum atomic E-state index is 12.6. The van der Waals surface area contributed by atoms with E-state index in [1.165, 1.54) is 64.1 Å². The van der Waals surface area contributed by atoms with Crippen LogP contribution in [0.25, 0.3) is 32.9 Å². The number of pyridine rings is 1. The summed E-state index contributed by atoms with van der Waals surface area (Å²) in [4.78, 5) is 16.6. The van der Waals surface area contributed by atoms with Gasteiger partial charge in [0.05, 0.1) is 10.9 Å². The molecule has 1 fully saturated rings. The molecule has 1 aliphatic rings. The van der Waals surface area contributed by atoms with Crippen LogP contribution in [-0.4, -0.2) is 28.2 Å². The number of aryl methyl sites for hydroxylation is 2. The van der Waals surface area contributed by atoms with Crippen LogP contribution in [-0.2, 0) is 30.3 Å². The van der Waals surface area contributed by atoms with Crippen molar-refractivity contribution < 1.29 is 56.3 Å². The molecule has 5 rings (SSSR count). The number of nitrogens with zero attached hydrogens (tertiary/aromatic N) is 1. The predicted molar refractivity (Wildman–Crippen MR) is 193 cm³/mol. The van der Waals surface area contributed by atoms with Crippen LogP contribution in [0.2, 0.25) is 0 Å². The van der Waals surface area contributed by atoms with E-state index in [-0.39, 0.29) is 31.6 Å². The van der Waals surface area contributed by atoms with Crippen molar-refractivity contribution in [1.82, 2.24) is 4.98 Å². The summed E-state index contributed by atoms with van der Waals surface area (Å²) in [7, 11) is 0. The van der Waals surface area contributed by atoms with Crippen LogP contribution in [0.15, 0.2) is 60.4 Å². The first-order chi connectivity index (χ1) is 23.3. The number of hydrogen-bond donors (Lipinski definition) is 1. The van der Waals surface area contributed by atoms with Crippen LogP contribution >= 0.6 is 0 Å². The number of aliphatic hydroxyl groups is 1. The molecule has 1 saturated carbocycles. The van der Waals surface area contributed by atoms with E-state index in [0.717, 1.165) is 30.6 Å². The molecule has 0 atom stereocenters. The molecular weight excluding hydrogens is 857 g/mol. The van der Waals surface area contributed by atoms with E-state index in [0.29, 0.717) is 19.8 Å². The average Bonchev–Trinajstić information content (AvgIpc) is 3.53. The quantitative estimate of drug-likeness (QED) is 0.0908. The molecule has 285 valence electrons. The zero-order valence-electron chi connectivity index (χ0n) is 31.2. The number of alkyl halides is 6. The van der Waals surface area contributed by atoms with Gasteiger partial charge in [-0.15, -0.1) is 29.1 Å². The van der Waals surface area contributed by atoms with E-state index in [1.54, 1.807) is 0 Å². The standard InChI is InChI=1S/C30H32N.C12H16F6O2.Ir/c1-19-14-20(2)29-25(21-10-6-7-11-21)18-27(31-28(29)15-19)23-16-22-12-8-9-13-24(22)26(17-23)30(3,4)5;1-9(2,11(13,14)15)6-7(19)5-8(20)10(3,4)12(16,17)18;/h8-9,12-15,17-18,21H,6-7,10-11H2,1-5H3;5,20H,6H2,1-4H3;/q-1;;/b;8-5-;. The molecule has 0 bridgehead atoms. The number of aromatic nitrogens is 1. The molecule has 52 heavy (non-hydrogen) atoms. The number of hydrogen-bond acceptors (Lipinski definition) is 3. The number of ketones is 1. The summed E-state index contributed by atoms with van der Waals surface area (Å²) in [6, 6.07) is 21.6. The van der Waals surface area contributed by atoms with Crippen molar-refractivity contribution in [2.75, 3.05) is 0 Å². The van der Waals surface area contributed by atoms with Crippen molar-refractivity contribution in [1.29, 1.82) is 0 Å². The number of halogens is 6. The molecule has 1 N–H and O–H groups in total. The minimum absolute atomic E-state index is 0. The van der Waals surface area contributed by atoms with Crippen LogP contribution in [0.4, 0.5) is 26.3 Å². The molecule has 1 heterocycles. The van der Waals surface area contributed by atoms with Gasteiger partial charge in [-0.2, -0.15) is 26.3 Å².